The van der Waals surface area contributed by atoms with Crippen LogP contribution < -0.4 is 21.5 Å². The summed E-state index contributed by atoms with van der Waals surface area (Å²) in [5, 5.41) is 57.5. The molecule has 0 atom stereocenters. The topological polar surface area (TPSA) is 314 Å². The Labute approximate surface area is 324 Å². The largest absolute Gasteiger partial charge is 0.322 e. The minimum atomic E-state index is -0.845. The fraction of sp³-hybridized carbons (Fsp3) is 0.118. The van der Waals surface area contributed by atoms with E-state index in [2.05, 4.69) is 31.7 Å². The maximum Gasteiger partial charge on any atom is 0.277 e. The van der Waals surface area contributed by atoms with Gasteiger partial charge in [0.2, 0.25) is 11.8 Å². The Hall–Kier alpha value is -7.95. The van der Waals surface area contributed by atoms with E-state index in [-0.39, 0.29) is 34.0 Å². The smallest absolute Gasteiger partial charge is 0.277 e. The third kappa shape index (κ3) is 12.0. The Morgan fingerprint density at radius 2 is 0.807 bits per heavy atom. The van der Waals surface area contributed by atoms with Crippen LogP contribution in [0, 0.1) is 40.5 Å². The highest BCUT2D eigenvalue weighted by molar-refractivity contribution is 8.00. The monoisotopic (exact) mass is 800 g/mol. The van der Waals surface area contributed by atoms with Gasteiger partial charge in [-0.3, -0.25) is 59.6 Å². The number of hydrogen-bond acceptors (Lipinski definition) is 15. The van der Waals surface area contributed by atoms with Gasteiger partial charge >= 0.3 is 0 Å². The number of thioether (sulfide) groups is 1. The fourth-order valence-corrected chi connectivity index (χ4v) is 5.19. The summed E-state index contributed by atoms with van der Waals surface area (Å²) < 4.78 is 0. The summed E-state index contributed by atoms with van der Waals surface area (Å²) in [6.07, 6.45) is 0. The number of hydrogen-bond donors (Lipinski definition) is 4. The van der Waals surface area contributed by atoms with Gasteiger partial charge in [-0.25, -0.2) is 10.9 Å². The van der Waals surface area contributed by atoms with E-state index in [1.165, 1.54) is 24.3 Å². The molecule has 4 N–H and O–H groups in total. The van der Waals surface area contributed by atoms with Crippen molar-refractivity contribution in [3.8, 4) is 0 Å². The van der Waals surface area contributed by atoms with Crippen LogP contribution in [0.5, 0.6) is 0 Å². The van der Waals surface area contributed by atoms with Crippen molar-refractivity contribution in [3.05, 3.63) is 148 Å². The van der Waals surface area contributed by atoms with Crippen LogP contribution in [0.2, 0.25) is 0 Å². The molecule has 0 radical (unpaired) electrons. The molecule has 0 aliphatic rings. The van der Waals surface area contributed by atoms with Gasteiger partial charge in [-0.2, -0.15) is 10.2 Å². The maximum absolute atomic E-state index is 12.6. The van der Waals surface area contributed by atoms with Gasteiger partial charge in [0.05, 0.1) is 65.9 Å². The number of nitro groups is 4. The molecule has 0 saturated heterocycles. The number of rotatable bonds is 16. The lowest BCUT2D eigenvalue weighted by atomic mass is 10.1. The van der Waals surface area contributed by atoms with Crippen molar-refractivity contribution in [1.29, 1.82) is 0 Å². The quantitative estimate of drug-likeness (QED) is 0.0664. The molecule has 57 heavy (non-hydrogen) atoms. The molecular formula is C34H28N10O12S. The van der Waals surface area contributed by atoms with E-state index in [9.17, 15) is 59.6 Å². The third-order valence-corrected chi connectivity index (χ3v) is 8.39. The first-order chi connectivity index (χ1) is 27.0. The average molecular weight is 801 g/mol. The zero-order valence-corrected chi connectivity index (χ0v) is 30.3. The molecule has 4 amide bonds. The summed E-state index contributed by atoms with van der Waals surface area (Å²) in [5.74, 6) is -2.86. The second-order valence-corrected chi connectivity index (χ2v) is 12.5. The molecular weight excluding hydrogens is 772 g/mol. The Bertz CT molecular complexity index is 2120. The van der Waals surface area contributed by atoms with Crippen molar-refractivity contribution in [2.24, 2.45) is 10.2 Å². The lowest BCUT2D eigenvalue weighted by molar-refractivity contribution is -0.394. The fourth-order valence-electron chi connectivity index (χ4n) is 4.59. The molecule has 0 saturated carbocycles. The molecule has 4 aromatic rings. The van der Waals surface area contributed by atoms with Crippen molar-refractivity contribution in [1.82, 2.24) is 10.9 Å². The van der Waals surface area contributed by atoms with Crippen LogP contribution in [0.4, 0.5) is 34.1 Å². The summed E-state index contributed by atoms with van der Waals surface area (Å²) >= 11 is 0.993. The van der Waals surface area contributed by atoms with Gasteiger partial charge in [0.15, 0.2) is 0 Å². The summed E-state index contributed by atoms with van der Waals surface area (Å²) in [7, 11) is 0. The van der Waals surface area contributed by atoms with E-state index < -0.39 is 66.1 Å². The predicted octanol–water partition coefficient (Wildman–Crippen LogP) is 4.94. The summed E-state index contributed by atoms with van der Waals surface area (Å²) in [6.45, 7) is 3.22. The third-order valence-electron chi connectivity index (χ3n) is 7.46. The first-order valence-electron chi connectivity index (χ1n) is 16.0. The second kappa shape index (κ2) is 18.9. The lowest BCUT2D eigenvalue weighted by Crippen LogP contribution is -2.24. The van der Waals surface area contributed by atoms with Gasteiger partial charge < -0.3 is 10.6 Å². The van der Waals surface area contributed by atoms with Crippen LogP contribution in [0.3, 0.4) is 0 Å². The number of carbonyl (C=O) groups is 4. The van der Waals surface area contributed by atoms with E-state index in [0.29, 0.717) is 22.6 Å². The van der Waals surface area contributed by atoms with Gasteiger partial charge in [-0.15, -0.1) is 11.8 Å². The van der Waals surface area contributed by atoms with Crippen LogP contribution in [0.1, 0.15) is 45.7 Å². The number of nitrogens with zero attached hydrogens (tertiary/aromatic N) is 6. The minimum absolute atomic E-state index is 0.121. The zero-order chi connectivity index (χ0) is 41.8. The molecule has 292 valence electrons. The predicted molar refractivity (Wildman–Crippen MR) is 206 cm³/mol. The van der Waals surface area contributed by atoms with Gasteiger partial charge in [-0.1, -0.05) is 24.3 Å². The number of anilines is 2. The van der Waals surface area contributed by atoms with Crippen molar-refractivity contribution in [3.63, 3.8) is 0 Å². The highest BCUT2D eigenvalue weighted by Gasteiger charge is 2.21. The Kier molecular flexibility index (Phi) is 13.8. The van der Waals surface area contributed by atoms with Crippen molar-refractivity contribution < 1.29 is 38.9 Å². The average Bonchev–Trinajstić information content (AvgIpc) is 3.19. The lowest BCUT2D eigenvalue weighted by Gasteiger charge is -2.08. The first-order valence-corrected chi connectivity index (χ1v) is 17.1. The molecule has 4 aromatic carbocycles. The molecule has 0 bridgehead atoms. The van der Waals surface area contributed by atoms with Crippen molar-refractivity contribution in [2.75, 3.05) is 22.1 Å². The van der Waals surface area contributed by atoms with Crippen molar-refractivity contribution >= 4 is 80.9 Å². The van der Waals surface area contributed by atoms with Crippen LogP contribution in [-0.2, 0) is 9.59 Å². The van der Waals surface area contributed by atoms with Crippen molar-refractivity contribution in [2.45, 2.75) is 13.8 Å². The number of nitrogens with one attached hydrogen (secondary N) is 4. The molecule has 0 aromatic heterocycles. The van der Waals surface area contributed by atoms with E-state index in [4.69, 9.17) is 0 Å². The number of non-ortho nitro benzene ring substituents is 4. The SMILES string of the molecule is C/C(=N/NC(=O)CSCC(=O)N/N=C(/C)c1ccc(NC(=O)c2cc([N+](=O)[O-])cc([N+](=O)[O-])c2)cc1)c1ccc(NC(=O)c2cc([N+](=O)[O-])cc([N+](=O)[O-])c2)cc1. The second-order valence-electron chi connectivity index (χ2n) is 11.5. The van der Waals surface area contributed by atoms with Gasteiger partial charge in [0.1, 0.15) is 0 Å². The number of nitro benzene ring substituents is 4. The van der Waals surface area contributed by atoms with Crippen LogP contribution in [0.25, 0.3) is 0 Å². The van der Waals surface area contributed by atoms with Gasteiger partial charge in [-0.05, 0) is 49.2 Å². The molecule has 22 nitrogen and oxygen atoms in total. The van der Waals surface area contributed by atoms with Gasteiger partial charge in [0, 0.05) is 35.6 Å². The van der Waals surface area contributed by atoms with Crippen LogP contribution in [-0.4, -0.2) is 66.3 Å². The molecule has 4 rings (SSSR count). The molecule has 0 fully saturated rings. The molecule has 0 unspecified atom stereocenters. The summed E-state index contributed by atoms with van der Waals surface area (Å²) in [4.78, 5) is 91.0. The Morgan fingerprint density at radius 3 is 1.09 bits per heavy atom. The van der Waals surface area contributed by atoms with Crippen LogP contribution >= 0.6 is 11.8 Å². The van der Waals surface area contributed by atoms with Crippen LogP contribution in [0.15, 0.2) is 95.1 Å². The number of benzene rings is 4. The normalized spacial score (nSPS) is 11.2. The number of carbonyl (C=O) groups excluding carboxylic acids is 4. The Balaban J connectivity index is 1.21. The Morgan fingerprint density at radius 1 is 0.509 bits per heavy atom. The summed E-state index contributed by atoms with van der Waals surface area (Å²) in [6, 6.07) is 17.4. The van der Waals surface area contributed by atoms with E-state index in [1.54, 1.807) is 38.1 Å². The molecule has 0 aliphatic carbocycles. The van der Waals surface area contributed by atoms with E-state index in [0.717, 1.165) is 48.2 Å². The molecule has 0 heterocycles. The maximum atomic E-state index is 12.6. The minimum Gasteiger partial charge on any atom is -0.322 e. The molecule has 0 aliphatic heterocycles. The molecule has 23 heteroatoms. The van der Waals surface area contributed by atoms with E-state index >= 15 is 0 Å². The zero-order valence-electron chi connectivity index (χ0n) is 29.5. The number of hydrazone groups is 2. The summed E-state index contributed by atoms with van der Waals surface area (Å²) in [5.41, 5.74) is 4.21. The highest BCUT2D eigenvalue weighted by Crippen LogP contribution is 2.25. The van der Waals surface area contributed by atoms with E-state index in [1.807, 2.05) is 0 Å². The molecule has 0 spiro atoms. The highest BCUT2D eigenvalue weighted by atomic mass is 32.2. The standard InChI is InChI=1S/C34H28N10O12S/c1-19(21-3-7-25(8-4-21)35-33(47)23-11-27(41(49)50)15-28(12-23)42(51)52)37-39-31(45)17-57-18-32(46)40-38-20(2)22-5-9-26(10-6-22)36-34(48)24-13-29(43(53)54)16-30(14-24)44(55)56/h3-16H,17-18H2,1-2H3,(H,35,47)(H,36,48)(H,39,45)(H,40,46)/b37-19-,38-20-. The van der Waals surface area contributed by atoms with Gasteiger partial charge in [0.25, 0.3) is 34.6 Å². The number of amides is 4. The first kappa shape index (κ1) is 41.8.